The van der Waals surface area contributed by atoms with Gasteiger partial charge < -0.3 is 0 Å². The van der Waals surface area contributed by atoms with Gasteiger partial charge in [-0.15, -0.1) is 0 Å². The van der Waals surface area contributed by atoms with Gasteiger partial charge in [0, 0.05) is 23.7 Å². The summed E-state index contributed by atoms with van der Waals surface area (Å²) in [5.74, 6) is 0. The van der Waals surface area contributed by atoms with Crippen LogP contribution >= 0.6 is 0 Å². The smallest absolute Gasteiger partial charge is 0.272 e. The van der Waals surface area contributed by atoms with Gasteiger partial charge in [-0.2, -0.15) is 5.10 Å². The summed E-state index contributed by atoms with van der Waals surface area (Å²) >= 11 is 0. The second kappa shape index (κ2) is 4.66. The zero-order valence-corrected chi connectivity index (χ0v) is 11.3. The maximum atomic E-state index is 11.9. The van der Waals surface area contributed by atoms with Gasteiger partial charge in [-0.1, -0.05) is 30.3 Å². The van der Waals surface area contributed by atoms with Crippen molar-refractivity contribution in [3.05, 3.63) is 63.9 Å². The van der Waals surface area contributed by atoms with Gasteiger partial charge in [-0.25, -0.2) is 5.10 Å². The zero-order valence-electron chi connectivity index (χ0n) is 11.3. The van der Waals surface area contributed by atoms with Crippen molar-refractivity contribution in [1.82, 2.24) is 10.2 Å². The minimum Gasteiger partial charge on any atom is -0.292 e. The fourth-order valence-electron chi connectivity index (χ4n) is 2.77. The lowest BCUT2D eigenvalue weighted by Crippen LogP contribution is -2.09. The van der Waals surface area contributed by atoms with Crippen molar-refractivity contribution in [2.45, 2.75) is 6.42 Å². The first-order valence-electron chi connectivity index (χ1n) is 6.93. The van der Waals surface area contributed by atoms with Gasteiger partial charge in [-0.05, 0) is 29.7 Å². The highest BCUT2D eigenvalue weighted by Gasteiger charge is 2.11. The summed E-state index contributed by atoms with van der Waals surface area (Å²) in [4.78, 5) is 16.2. The van der Waals surface area contributed by atoms with E-state index in [0.29, 0.717) is 5.39 Å². The molecule has 0 unspecified atom stereocenters. The molecule has 1 N–H and O–H groups in total. The minimum atomic E-state index is -0.158. The lowest BCUT2D eigenvalue weighted by atomic mass is 9.97. The molecule has 0 saturated carbocycles. The van der Waals surface area contributed by atoms with Crippen LogP contribution in [0.1, 0.15) is 11.1 Å². The van der Waals surface area contributed by atoms with E-state index < -0.39 is 0 Å². The number of benzene rings is 2. The van der Waals surface area contributed by atoms with Gasteiger partial charge in [0.1, 0.15) is 0 Å². The van der Waals surface area contributed by atoms with Gasteiger partial charge in [-0.3, -0.25) is 9.79 Å². The fraction of sp³-hybridized carbons (Fsp3) is 0.118. The van der Waals surface area contributed by atoms with E-state index in [-0.39, 0.29) is 5.56 Å². The summed E-state index contributed by atoms with van der Waals surface area (Å²) in [5.41, 5.74) is 4.08. The summed E-state index contributed by atoms with van der Waals surface area (Å²) in [5, 5.41) is 8.36. The van der Waals surface area contributed by atoms with Crippen LogP contribution in [0.5, 0.6) is 0 Å². The van der Waals surface area contributed by atoms with E-state index in [9.17, 15) is 4.79 Å². The van der Waals surface area contributed by atoms with Crippen molar-refractivity contribution in [2.24, 2.45) is 4.99 Å². The molecule has 0 radical (unpaired) electrons. The van der Waals surface area contributed by atoms with Crippen molar-refractivity contribution in [2.75, 3.05) is 6.54 Å². The molecule has 0 aliphatic carbocycles. The quantitative estimate of drug-likeness (QED) is 0.742. The van der Waals surface area contributed by atoms with E-state index in [1.54, 1.807) is 0 Å². The van der Waals surface area contributed by atoms with Crippen molar-refractivity contribution >= 4 is 17.0 Å². The molecule has 0 saturated heterocycles. The number of fused-ring (bicyclic) bond motifs is 2. The van der Waals surface area contributed by atoms with E-state index in [1.165, 1.54) is 5.56 Å². The molecule has 2 heterocycles. The van der Waals surface area contributed by atoms with Crippen molar-refractivity contribution in [3.8, 4) is 11.3 Å². The number of H-pyrrole nitrogens is 1. The Morgan fingerprint density at radius 1 is 1.05 bits per heavy atom. The second-order valence-electron chi connectivity index (χ2n) is 5.15. The number of hydrogen-bond acceptors (Lipinski definition) is 3. The second-order valence-corrected chi connectivity index (χ2v) is 5.15. The molecule has 1 aliphatic rings. The molecule has 102 valence electrons. The van der Waals surface area contributed by atoms with E-state index in [2.05, 4.69) is 33.4 Å². The van der Waals surface area contributed by atoms with Crippen LogP contribution in [0, 0.1) is 0 Å². The lowest BCUT2D eigenvalue weighted by Gasteiger charge is -2.12. The normalized spacial score (nSPS) is 13.3. The van der Waals surface area contributed by atoms with Crippen LogP contribution in [-0.2, 0) is 6.42 Å². The molecule has 0 atom stereocenters. The number of rotatable bonds is 1. The summed E-state index contributed by atoms with van der Waals surface area (Å²) in [7, 11) is 0. The predicted molar refractivity (Wildman–Crippen MR) is 84.0 cm³/mol. The predicted octanol–water partition coefficient (Wildman–Crippen LogP) is 2.57. The molecule has 4 rings (SSSR count). The molecule has 21 heavy (non-hydrogen) atoms. The molecule has 0 spiro atoms. The number of hydrogen-bond donors (Lipinski definition) is 1. The van der Waals surface area contributed by atoms with E-state index >= 15 is 0 Å². The molecule has 0 bridgehead atoms. The Balaban J connectivity index is 1.98. The van der Waals surface area contributed by atoms with Crippen molar-refractivity contribution in [1.29, 1.82) is 0 Å². The van der Waals surface area contributed by atoms with Crippen LogP contribution in [0.3, 0.4) is 0 Å². The highest BCUT2D eigenvalue weighted by molar-refractivity contribution is 5.95. The monoisotopic (exact) mass is 275 g/mol. The Hall–Kier alpha value is -2.75. The third kappa shape index (κ3) is 1.96. The Labute approximate surface area is 121 Å². The molecule has 4 nitrogen and oxygen atoms in total. The lowest BCUT2D eigenvalue weighted by molar-refractivity contribution is 0.952. The molecule has 1 aromatic heterocycles. The molecule has 4 heteroatoms. The van der Waals surface area contributed by atoms with Gasteiger partial charge >= 0.3 is 0 Å². The molecule has 3 aromatic rings. The van der Waals surface area contributed by atoms with Crippen LogP contribution in [0.25, 0.3) is 22.0 Å². The topological polar surface area (TPSA) is 58.1 Å². The average Bonchev–Trinajstić information content (AvgIpc) is 2.55. The highest BCUT2D eigenvalue weighted by atomic mass is 16.1. The maximum absolute atomic E-state index is 11.9. The third-order valence-corrected chi connectivity index (χ3v) is 3.86. The fourth-order valence-corrected chi connectivity index (χ4v) is 2.77. The van der Waals surface area contributed by atoms with Gasteiger partial charge in [0.2, 0.25) is 0 Å². The first-order valence-corrected chi connectivity index (χ1v) is 6.93. The standard InChI is InChI=1S/C17H13N3O/c21-17-15-4-2-1-3-14(15)16(19-20-17)12-6-5-11-7-8-18-10-13(11)9-12/h1-6,9-10H,7-8H2,(H,20,21). The van der Waals surface area contributed by atoms with E-state index in [4.69, 9.17) is 0 Å². The minimum absolute atomic E-state index is 0.158. The Morgan fingerprint density at radius 2 is 1.90 bits per heavy atom. The summed E-state index contributed by atoms with van der Waals surface area (Å²) in [6.45, 7) is 0.853. The van der Waals surface area contributed by atoms with Crippen LogP contribution < -0.4 is 5.56 Å². The van der Waals surface area contributed by atoms with Crippen LogP contribution in [0.15, 0.2) is 52.3 Å². The Morgan fingerprint density at radius 3 is 2.81 bits per heavy atom. The number of aromatic amines is 1. The first-order chi connectivity index (χ1) is 10.3. The largest absolute Gasteiger partial charge is 0.292 e. The average molecular weight is 275 g/mol. The first kappa shape index (κ1) is 12.0. The highest BCUT2D eigenvalue weighted by Crippen LogP contribution is 2.26. The van der Waals surface area contributed by atoms with Crippen LogP contribution in [0.2, 0.25) is 0 Å². The van der Waals surface area contributed by atoms with Crippen LogP contribution in [0.4, 0.5) is 0 Å². The number of nitrogens with zero attached hydrogens (tertiary/aromatic N) is 2. The van der Waals surface area contributed by atoms with Crippen LogP contribution in [-0.4, -0.2) is 23.0 Å². The molecule has 2 aromatic carbocycles. The van der Waals surface area contributed by atoms with Gasteiger partial charge in [0.25, 0.3) is 5.56 Å². The molecule has 1 aliphatic heterocycles. The maximum Gasteiger partial charge on any atom is 0.272 e. The number of aromatic nitrogens is 2. The summed E-state index contributed by atoms with van der Waals surface area (Å²) < 4.78 is 0. The molecular formula is C17H13N3O. The van der Waals surface area contributed by atoms with Gasteiger partial charge in [0.05, 0.1) is 11.1 Å². The summed E-state index contributed by atoms with van der Waals surface area (Å²) in [6.07, 6.45) is 2.89. The zero-order chi connectivity index (χ0) is 14.2. The Bertz CT molecular complexity index is 925. The number of aliphatic imine (C=N–C) groups is 1. The van der Waals surface area contributed by atoms with Crippen molar-refractivity contribution in [3.63, 3.8) is 0 Å². The molecular weight excluding hydrogens is 262 g/mol. The van der Waals surface area contributed by atoms with E-state index in [1.807, 2.05) is 30.5 Å². The Kier molecular flexibility index (Phi) is 2.67. The summed E-state index contributed by atoms with van der Waals surface area (Å²) in [6, 6.07) is 13.8. The molecule has 0 amide bonds. The molecule has 0 fully saturated rings. The van der Waals surface area contributed by atoms with Crippen molar-refractivity contribution < 1.29 is 0 Å². The van der Waals surface area contributed by atoms with E-state index in [0.717, 1.165) is 35.2 Å². The van der Waals surface area contributed by atoms with Gasteiger partial charge in [0.15, 0.2) is 0 Å². The SMILES string of the molecule is O=c1[nH]nc(-c2ccc3c(c2)C=NCC3)c2ccccc12. The third-order valence-electron chi connectivity index (χ3n) is 3.86. The number of nitrogens with one attached hydrogen (secondary N) is 1.